The van der Waals surface area contributed by atoms with Gasteiger partial charge in [0.25, 0.3) is 0 Å². The molecule has 0 aromatic heterocycles. The van der Waals surface area contributed by atoms with Gasteiger partial charge in [0, 0.05) is 28.3 Å². The largest absolute Gasteiger partial charge is 0.331 e. The van der Waals surface area contributed by atoms with Crippen molar-refractivity contribution in [2.45, 2.75) is 54.7 Å². The van der Waals surface area contributed by atoms with E-state index in [0.717, 1.165) is 48.3 Å². The summed E-state index contributed by atoms with van der Waals surface area (Å²) in [6.07, 6.45) is 5.13. The van der Waals surface area contributed by atoms with Gasteiger partial charge >= 0.3 is 6.03 Å². The molecule has 2 aromatic carbocycles. The van der Waals surface area contributed by atoms with Crippen LogP contribution in [0.15, 0.2) is 64.5 Å². The van der Waals surface area contributed by atoms with E-state index in [9.17, 15) is 14.4 Å². The van der Waals surface area contributed by atoms with Crippen LogP contribution in [0.1, 0.15) is 49.3 Å². The first-order chi connectivity index (χ1) is 15.6. The van der Waals surface area contributed by atoms with Crippen molar-refractivity contribution < 1.29 is 14.4 Å². The number of barbiturate groups is 1. The first kappa shape index (κ1) is 20.9. The highest BCUT2D eigenvalue weighted by Crippen LogP contribution is 2.45. The molecule has 1 saturated heterocycles. The number of hydrogen-bond acceptors (Lipinski definition) is 5. The predicted molar refractivity (Wildman–Crippen MR) is 124 cm³/mol. The molecule has 2 aliphatic heterocycles. The Bertz CT molecular complexity index is 1080. The summed E-state index contributed by atoms with van der Waals surface area (Å²) in [4.78, 5) is 46.3. The summed E-state index contributed by atoms with van der Waals surface area (Å²) in [5.41, 5.74) is 2.39. The van der Waals surface area contributed by atoms with Gasteiger partial charge < -0.3 is 0 Å². The van der Waals surface area contributed by atoms with E-state index < -0.39 is 23.8 Å². The van der Waals surface area contributed by atoms with Gasteiger partial charge in [0.2, 0.25) is 11.8 Å². The number of carbonyl (C=O) groups excluding carboxylic acids is 3. The normalized spacial score (nSPS) is 24.4. The van der Waals surface area contributed by atoms with Crippen LogP contribution in [-0.4, -0.2) is 34.5 Å². The highest BCUT2D eigenvalue weighted by Gasteiger charge is 2.46. The lowest BCUT2D eigenvalue weighted by molar-refractivity contribution is -0.141. The summed E-state index contributed by atoms with van der Waals surface area (Å²) in [7, 11) is 0. The first-order valence-electron chi connectivity index (χ1n) is 11.2. The van der Waals surface area contributed by atoms with Crippen molar-refractivity contribution in [2.75, 3.05) is 0 Å². The Morgan fingerprint density at radius 1 is 0.906 bits per heavy atom. The summed E-state index contributed by atoms with van der Waals surface area (Å²) >= 11 is 1.69. The highest BCUT2D eigenvalue weighted by atomic mass is 32.2. The molecule has 0 radical (unpaired) electrons. The maximum Gasteiger partial charge on any atom is 0.331 e. The molecule has 2 aromatic rings. The van der Waals surface area contributed by atoms with Gasteiger partial charge in [0.05, 0.1) is 5.69 Å². The molecule has 5 rings (SSSR count). The minimum Gasteiger partial charge on any atom is -0.277 e. The average Bonchev–Trinajstić information content (AvgIpc) is 3.00. The molecule has 6 nitrogen and oxygen atoms in total. The SMILES string of the molecule is O=C1NC(=O)N(C2CCCCC2)C(=O)C1C1=Nc2ccccc2SC(c2ccccc2)C1. The monoisotopic (exact) mass is 447 g/mol. The molecule has 0 bridgehead atoms. The number of fused-ring (bicyclic) bond motifs is 1. The Labute approximate surface area is 191 Å². The molecule has 1 aliphatic carbocycles. The molecule has 32 heavy (non-hydrogen) atoms. The number of imide groups is 2. The van der Waals surface area contributed by atoms with Crippen LogP contribution < -0.4 is 5.32 Å². The molecular formula is C25H25N3O3S. The van der Waals surface area contributed by atoms with Gasteiger partial charge in [-0.1, -0.05) is 61.7 Å². The van der Waals surface area contributed by atoms with Gasteiger partial charge in [-0.25, -0.2) is 4.79 Å². The number of amides is 4. The van der Waals surface area contributed by atoms with Crippen LogP contribution in [0.25, 0.3) is 0 Å². The zero-order chi connectivity index (χ0) is 22.1. The van der Waals surface area contributed by atoms with Crippen LogP contribution in [-0.2, 0) is 9.59 Å². The van der Waals surface area contributed by atoms with Crippen molar-refractivity contribution >= 4 is 41.0 Å². The number of para-hydroxylation sites is 1. The molecule has 0 spiro atoms. The van der Waals surface area contributed by atoms with E-state index in [-0.39, 0.29) is 11.3 Å². The van der Waals surface area contributed by atoms with Gasteiger partial charge in [-0.3, -0.25) is 24.8 Å². The van der Waals surface area contributed by atoms with Crippen LogP contribution in [0, 0.1) is 5.92 Å². The Morgan fingerprint density at radius 2 is 1.62 bits per heavy atom. The lowest BCUT2D eigenvalue weighted by Gasteiger charge is -2.37. The fourth-order valence-electron chi connectivity index (χ4n) is 4.84. The lowest BCUT2D eigenvalue weighted by atomic mass is 9.89. The number of carbonyl (C=O) groups is 3. The van der Waals surface area contributed by atoms with E-state index in [2.05, 4.69) is 17.4 Å². The summed E-state index contributed by atoms with van der Waals surface area (Å²) in [6, 6.07) is 17.1. The second kappa shape index (κ2) is 8.90. The van der Waals surface area contributed by atoms with Crippen LogP contribution in [0.4, 0.5) is 10.5 Å². The van der Waals surface area contributed by atoms with Gasteiger partial charge in [0.1, 0.15) is 0 Å². The number of urea groups is 1. The number of nitrogens with zero attached hydrogens (tertiary/aromatic N) is 2. The quantitative estimate of drug-likeness (QED) is 0.670. The zero-order valence-corrected chi connectivity index (χ0v) is 18.5. The zero-order valence-electron chi connectivity index (χ0n) is 17.7. The van der Waals surface area contributed by atoms with Crippen molar-refractivity contribution in [3.63, 3.8) is 0 Å². The van der Waals surface area contributed by atoms with Gasteiger partial charge in [-0.15, -0.1) is 11.8 Å². The first-order valence-corrected chi connectivity index (χ1v) is 12.1. The number of thioether (sulfide) groups is 1. The van der Waals surface area contributed by atoms with Crippen LogP contribution in [0.5, 0.6) is 0 Å². The third-order valence-corrected chi connectivity index (χ3v) is 7.76. The van der Waals surface area contributed by atoms with Crippen LogP contribution in [0.2, 0.25) is 0 Å². The van der Waals surface area contributed by atoms with E-state index in [1.165, 1.54) is 4.90 Å². The molecule has 2 atom stereocenters. The second-order valence-corrected chi connectivity index (χ2v) is 9.76. The smallest absolute Gasteiger partial charge is 0.277 e. The molecule has 3 aliphatic rings. The molecule has 2 fully saturated rings. The Hall–Kier alpha value is -2.93. The molecule has 2 unspecified atom stereocenters. The molecule has 4 amide bonds. The van der Waals surface area contributed by atoms with Gasteiger partial charge in [0.15, 0.2) is 5.92 Å². The number of benzene rings is 2. The number of nitrogens with one attached hydrogen (secondary N) is 1. The number of aliphatic imine (C=N–C) groups is 1. The van der Waals surface area contributed by atoms with Crippen LogP contribution in [0.3, 0.4) is 0 Å². The summed E-state index contributed by atoms with van der Waals surface area (Å²) < 4.78 is 0. The molecule has 164 valence electrons. The average molecular weight is 448 g/mol. The third-order valence-electron chi connectivity index (χ3n) is 6.43. The Morgan fingerprint density at radius 3 is 2.41 bits per heavy atom. The van der Waals surface area contributed by atoms with E-state index in [1.807, 2.05) is 42.5 Å². The van der Waals surface area contributed by atoms with E-state index >= 15 is 0 Å². The predicted octanol–water partition coefficient (Wildman–Crippen LogP) is 5.02. The number of rotatable bonds is 3. The topological polar surface area (TPSA) is 78.8 Å². The lowest BCUT2D eigenvalue weighted by Crippen LogP contribution is -2.62. The van der Waals surface area contributed by atoms with E-state index in [0.29, 0.717) is 12.1 Å². The molecule has 1 saturated carbocycles. The van der Waals surface area contributed by atoms with Crippen molar-refractivity contribution in [3.8, 4) is 0 Å². The fraction of sp³-hybridized carbons (Fsp3) is 0.360. The molecule has 2 heterocycles. The molecule has 7 heteroatoms. The summed E-state index contributed by atoms with van der Waals surface area (Å²) in [5, 5.41) is 2.46. The van der Waals surface area contributed by atoms with Crippen molar-refractivity contribution in [1.82, 2.24) is 10.2 Å². The van der Waals surface area contributed by atoms with Crippen molar-refractivity contribution in [2.24, 2.45) is 10.9 Å². The fourth-order valence-corrected chi connectivity index (χ4v) is 6.08. The maximum absolute atomic E-state index is 13.6. The Balaban J connectivity index is 1.53. The van der Waals surface area contributed by atoms with Crippen molar-refractivity contribution in [1.29, 1.82) is 0 Å². The number of hydrogen-bond donors (Lipinski definition) is 1. The standard InChI is InChI=1S/C25H25N3O3S/c29-23-22(24(30)28(25(31)27-23)17-11-5-2-6-12-17)19-15-21(16-9-3-1-4-10-16)32-20-14-8-7-13-18(20)26-19/h1,3-4,7-10,13-14,17,21-22H,2,5-6,11-12,15H2,(H,27,29,31). The van der Waals surface area contributed by atoms with Gasteiger partial charge in [-0.2, -0.15) is 0 Å². The van der Waals surface area contributed by atoms with E-state index in [4.69, 9.17) is 4.99 Å². The van der Waals surface area contributed by atoms with E-state index in [1.54, 1.807) is 11.8 Å². The second-order valence-electron chi connectivity index (χ2n) is 8.52. The highest BCUT2D eigenvalue weighted by molar-refractivity contribution is 7.99. The maximum atomic E-state index is 13.6. The summed E-state index contributed by atoms with van der Waals surface area (Å²) in [6.45, 7) is 0. The van der Waals surface area contributed by atoms with Gasteiger partial charge in [-0.05, 0) is 30.5 Å². The molecule has 1 N–H and O–H groups in total. The minimum atomic E-state index is -1.08. The minimum absolute atomic E-state index is 0.0139. The molecular weight excluding hydrogens is 422 g/mol. The summed E-state index contributed by atoms with van der Waals surface area (Å²) in [5.74, 6) is -2.07. The van der Waals surface area contributed by atoms with Crippen LogP contribution >= 0.6 is 11.8 Å². The third kappa shape index (κ3) is 3.97. The Kier molecular flexibility index (Phi) is 5.83. The van der Waals surface area contributed by atoms with Crippen molar-refractivity contribution in [3.05, 3.63) is 60.2 Å².